The predicted molar refractivity (Wildman–Crippen MR) is 85.9 cm³/mol. The normalized spacial score (nSPS) is 17.9. The Hall–Kier alpha value is -1.04. The van der Waals surface area contributed by atoms with Crippen LogP contribution in [0.5, 0.6) is 0 Å². The van der Waals surface area contributed by atoms with Crippen molar-refractivity contribution in [3.8, 4) is 0 Å². The zero-order valence-corrected chi connectivity index (χ0v) is 13.6. The van der Waals surface area contributed by atoms with Gasteiger partial charge >= 0.3 is 0 Å². The highest BCUT2D eigenvalue weighted by molar-refractivity contribution is 5.22. The highest BCUT2D eigenvalue weighted by Crippen LogP contribution is 2.23. The van der Waals surface area contributed by atoms with E-state index < -0.39 is 11.6 Å². The van der Waals surface area contributed by atoms with Crippen LogP contribution in [0.1, 0.15) is 31.4 Å². The molecule has 1 aromatic rings. The molecule has 1 aliphatic heterocycles. The lowest BCUT2D eigenvalue weighted by molar-refractivity contribution is 0.149. The molecule has 1 aliphatic rings. The molecule has 1 fully saturated rings. The van der Waals surface area contributed by atoms with Crippen LogP contribution in [0.3, 0.4) is 0 Å². The van der Waals surface area contributed by atoms with Crippen LogP contribution < -0.4 is 5.32 Å². The molecule has 0 radical (unpaired) electrons. The highest BCUT2D eigenvalue weighted by atomic mass is 19.2. The summed E-state index contributed by atoms with van der Waals surface area (Å²) in [7, 11) is 2.07. The molecule has 0 saturated carbocycles. The van der Waals surface area contributed by atoms with E-state index >= 15 is 0 Å². The van der Waals surface area contributed by atoms with Crippen molar-refractivity contribution in [2.45, 2.75) is 25.8 Å². The van der Waals surface area contributed by atoms with Crippen molar-refractivity contribution in [3.63, 3.8) is 0 Å². The minimum Gasteiger partial charge on any atom is -0.314 e. The third kappa shape index (κ3) is 4.73. The quantitative estimate of drug-likeness (QED) is 0.835. The Balaban J connectivity index is 2.13. The number of unbranched alkanes of at least 4 members (excludes halogenated alkanes) is 1. The van der Waals surface area contributed by atoms with E-state index in [2.05, 4.69) is 29.1 Å². The van der Waals surface area contributed by atoms with E-state index in [9.17, 15) is 8.78 Å². The first kappa shape index (κ1) is 17.3. The van der Waals surface area contributed by atoms with Crippen LogP contribution in [0.25, 0.3) is 0 Å². The third-order valence-corrected chi connectivity index (χ3v) is 4.37. The molecule has 22 heavy (non-hydrogen) atoms. The lowest BCUT2D eigenvalue weighted by atomic mass is 10.0. The fraction of sp³-hybridized carbons (Fsp3) is 0.647. The Morgan fingerprint density at radius 3 is 2.59 bits per heavy atom. The van der Waals surface area contributed by atoms with E-state index in [0.29, 0.717) is 0 Å². The second kappa shape index (κ2) is 8.56. The summed E-state index contributed by atoms with van der Waals surface area (Å²) in [6, 6.07) is 4.40. The molecule has 3 nitrogen and oxygen atoms in total. The van der Waals surface area contributed by atoms with Gasteiger partial charge in [0, 0.05) is 38.8 Å². The van der Waals surface area contributed by atoms with E-state index in [0.717, 1.165) is 57.7 Å². The number of hydrogen-bond acceptors (Lipinski definition) is 3. The summed E-state index contributed by atoms with van der Waals surface area (Å²) in [4.78, 5) is 4.66. The maximum atomic E-state index is 13.6. The number of nitrogens with one attached hydrogen (secondary N) is 1. The van der Waals surface area contributed by atoms with Crippen LogP contribution >= 0.6 is 0 Å². The van der Waals surface area contributed by atoms with E-state index in [-0.39, 0.29) is 6.04 Å². The van der Waals surface area contributed by atoms with Crippen LogP contribution in [0.2, 0.25) is 0 Å². The summed E-state index contributed by atoms with van der Waals surface area (Å²) < 4.78 is 26.8. The zero-order chi connectivity index (χ0) is 15.9. The molecule has 0 aromatic heterocycles. The predicted octanol–water partition coefficient (Wildman–Crippen LogP) is 2.64. The molecule has 1 heterocycles. The lowest BCUT2D eigenvalue weighted by Gasteiger charge is -2.35. The number of nitrogens with zero attached hydrogens (tertiary/aromatic N) is 2. The maximum Gasteiger partial charge on any atom is 0.159 e. The lowest BCUT2D eigenvalue weighted by Crippen LogP contribution is -2.47. The van der Waals surface area contributed by atoms with Crippen molar-refractivity contribution in [3.05, 3.63) is 35.4 Å². The van der Waals surface area contributed by atoms with E-state index in [1.54, 1.807) is 6.07 Å². The Kier molecular flexibility index (Phi) is 6.73. The average Bonchev–Trinajstić information content (AvgIpc) is 2.54. The van der Waals surface area contributed by atoms with Gasteiger partial charge in [-0.15, -0.1) is 0 Å². The molecule has 0 aliphatic carbocycles. The van der Waals surface area contributed by atoms with Crippen molar-refractivity contribution in [2.24, 2.45) is 0 Å². The molecule has 1 saturated heterocycles. The molecule has 1 atom stereocenters. The van der Waals surface area contributed by atoms with Gasteiger partial charge in [0.25, 0.3) is 0 Å². The van der Waals surface area contributed by atoms with Crippen LogP contribution in [0, 0.1) is 11.6 Å². The third-order valence-electron chi connectivity index (χ3n) is 4.37. The minimum atomic E-state index is -0.777. The molecule has 5 heteroatoms. The van der Waals surface area contributed by atoms with Crippen molar-refractivity contribution in [2.75, 3.05) is 46.3 Å². The van der Waals surface area contributed by atoms with Crippen LogP contribution in [0.4, 0.5) is 8.78 Å². The van der Waals surface area contributed by atoms with E-state index in [4.69, 9.17) is 0 Å². The first-order valence-electron chi connectivity index (χ1n) is 8.20. The Labute approximate surface area is 132 Å². The number of rotatable bonds is 7. The van der Waals surface area contributed by atoms with Crippen molar-refractivity contribution in [1.29, 1.82) is 0 Å². The zero-order valence-electron chi connectivity index (χ0n) is 13.6. The summed E-state index contributed by atoms with van der Waals surface area (Å²) in [6.07, 6.45) is 2.24. The summed E-state index contributed by atoms with van der Waals surface area (Å²) >= 11 is 0. The first-order chi connectivity index (χ1) is 10.6. The smallest absolute Gasteiger partial charge is 0.159 e. The second-order valence-corrected chi connectivity index (χ2v) is 6.07. The molecule has 0 amide bonds. The SMILES string of the molecule is CCCCN(C)C(CN1CCNCC1)c1ccc(F)c(F)c1. The van der Waals surface area contributed by atoms with Gasteiger partial charge in [-0.3, -0.25) is 9.80 Å². The number of likely N-dealkylation sites (N-methyl/N-ethyl adjacent to an activating group) is 1. The largest absolute Gasteiger partial charge is 0.314 e. The Morgan fingerprint density at radius 1 is 1.23 bits per heavy atom. The Morgan fingerprint density at radius 2 is 1.95 bits per heavy atom. The van der Waals surface area contributed by atoms with Gasteiger partial charge in [-0.2, -0.15) is 0 Å². The molecule has 0 bridgehead atoms. The van der Waals surface area contributed by atoms with Crippen molar-refractivity contribution < 1.29 is 8.78 Å². The fourth-order valence-corrected chi connectivity index (χ4v) is 2.92. The van der Waals surface area contributed by atoms with Gasteiger partial charge in [-0.1, -0.05) is 19.4 Å². The minimum absolute atomic E-state index is 0.0970. The summed E-state index contributed by atoms with van der Waals surface area (Å²) in [5.74, 6) is -1.53. The van der Waals surface area contributed by atoms with E-state index in [1.165, 1.54) is 12.1 Å². The highest BCUT2D eigenvalue weighted by Gasteiger charge is 2.22. The van der Waals surface area contributed by atoms with Crippen LogP contribution in [-0.2, 0) is 0 Å². The molecule has 1 aromatic carbocycles. The monoisotopic (exact) mass is 311 g/mol. The molecule has 1 unspecified atom stereocenters. The average molecular weight is 311 g/mol. The van der Waals surface area contributed by atoms with Gasteiger partial charge in [0.05, 0.1) is 0 Å². The Bertz CT molecular complexity index is 461. The molecule has 1 N–H and O–H groups in total. The fourth-order valence-electron chi connectivity index (χ4n) is 2.92. The number of hydrogen-bond donors (Lipinski definition) is 1. The molecule has 2 rings (SSSR count). The van der Waals surface area contributed by atoms with Crippen molar-refractivity contribution >= 4 is 0 Å². The van der Waals surface area contributed by atoms with Gasteiger partial charge in [-0.05, 0) is 37.7 Å². The molecular weight excluding hydrogens is 284 g/mol. The van der Waals surface area contributed by atoms with Crippen LogP contribution in [0.15, 0.2) is 18.2 Å². The van der Waals surface area contributed by atoms with Crippen molar-refractivity contribution in [1.82, 2.24) is 15.1 Å². The summed E-state index contributed by atoms with van der Waals surface area (Å²) in [6.45, 7) is 7.96. The summed E-state index contributed by atoms with van der Waals surface area (Å²) in [5, 5.41) is 3.34. The molecule has 0 spiro atoms. The van der Waals surface area contributed by atoms with E-state index in [1.807, 2.05) is 0 Å². The van der Waals surface area contributed by atoms with Gasteiger partial charge in [0.15, 0.2) is 11.6 Å². The number of piperazine rings is 1. The van der Waals surface area contributed by atoms with Gasteiger partial charge in [0.1, 0.15) is 0 Å². The molecule has 124 valence electrons. The molecular formula is C17H27F2N3. The number of benzene rings is 1. The second-order valence-electron chi connectivity index (χ2n) is 6.07. The van der Waals surface area contributed by atoms with Gasteiger partial charge in [0.2, 0.25) is 0 Å². The maximum absolute atomic E-state index is 13.6. The van der Waals surface area contributed by atoms with Gasteiger partial charge < -0.3 is 5.32 Å². The topological polar surface area (TPSA) is 18.5 Å². The first-order valence-corrected chi connectivity index (χ1v) is 8.20. The standard InChI is InChI=1S/C17H27F2N3/c1-3-4-9-21(2)17(13-22-10-7-20-8-11-22)14-5-6-15(18)16(19)12-14/h5-6,12,17,20H,3-4,7-11,13H2,1-2H3. The van der Waals surface area contributed by atoms with Crippen LogP contribution in [-0.4, -0.2) is 56.1 Å². The number of halogens is 2. The van der Waals surface area contributed by atoms with Gasteiger partial charge in [-0.25, -0.2) is 8.78 Å². The summed E-state index contributed by atoms with van der Waals surface area (Å²) in [5.41, 5.74) is 0.857.